The predicted molar refractivity (Wildman–Crippen MR) is 80.2 cm³/mol. The van der Waals surface area contributed by atoms with Crippen molar-refractivity contribution in [2.45, 2.75) is 12.2 Å². The van der Waals surface area contributed by atoms with Gasteiger partial charge in [-0.05, 0) is 30.4 Å². The standard InChI is InChI=1S/C12H14N2O5S2/c15-12(16)8-2-3-9-10(6-8)14-11(13-9)7-20-4-1-5-21(17,18)19/h2-3,6H,1,4-5,7H2,(H,13,14)(H,15,16)(H,17,18,19). The lowest BCUT2D eigenvalue weighted by atomic mass is 10.2. The van der Waals surface area contributed by atoms with Gasteiger partial charge in [-0.25, -0.2) is 9.78 Å². The van der Waals surface area contributed by atoms with E-state index in [1.807, 2.05) is 0 Å². The molecule has 0 spiro atoms. The van der Waals surface area contributed by atoms with Crippen molar-refractivity contribution in [1.29, 1.82) is 0 Å². The van der Waals surface area contributed by atoms with Crippen LogP contribution in [0.15, 0.2) is 18.2 Å². The zero-order chi connectivity index (χ0) is 15.5. The van der Waals surface area contributed by atoms with Crippen molar-refractivity contribution in [1.82, 2.24) is 9.97 Å². The number of imidazole rings is 1. The second kappa shape index (κ2) is 6.46. The van der Waals surface area contributed by atoms with E-state index >= 15 is 0 Å². The summed E-state index contributed by atoms with van der Waals surface area (Å²) in [6.45, 7) is 0. The molecule has 1 heterocycles. The van der Waals surface area contributed by atoms with Crippen LogP contribution < -0.4 is 0 Å². The molecule has 21 heavy (non-hydrogen) atoms. The van der Waals surface area contributed by atoms with E-state index in [1.54, 1.807) is 6.07 Å². The van der Waals surface area contributed by atoms with Gasteiger partial charge in [-0.2, -0.15) is 20.2 Å². The Hall–Kier alpha value is -1.58. The quantitative estimate of drug-likeness (QED) is 0.522. The maximum Gasteiger partial charge on any atom is 0.335 e. The largest absolute Gasteiger partial charge is 0.478 e. The molecule has 0 aliphatic carbocycles. The second-order valence-corrected chi connectivity index (χ2v) is 7.09. The highest BCUT2D eigenvalue weighted by molar-refractivity contribution is 7.98. The van der Waals surface area contributed by atoms with Crippen molar-refractivity contribution in [3.63, 3.8) is 0 Å². The lowest BCUT2D eigenvalue weighted by molar-refractivity contribution is 0.0697. The maximum atomic E-state index is 10.9. The fraction of sp³-hybridized carbons (Fsp3) is 0.333. The van der Waals surface area contributed by atoms with Crippen LogP contribution in [0.4, 0.5) is 0 Å². The number of hydrogen-bond acceptors (Lipinski definition) is 5. The van der Waals surface area contributed by atoms with Crippen LogP contribution in [-0.2, 0) is 15.9 Å². The number of aromatic nitrogens is 2. The number of carboxylic acids is 1. The number of nitrogens with one attached hydrogen (secondary N) is 1. The Balaban J connectivity index is 1.92. The average Bonchev–Trinajstić information content (AvgIpc) is 2.78. The van der Waals surface area contributed by atoms with Crippen molar-refractivity contribution >= 4 is 38.9 Å². The molecule has 0 aliphatic heterocycles. The molecule has 2 rings (SSSR count). The minimum absolute atomic E-state index is 0.182. The summed E-state index contributed by atoms with van der Waals surface area (Å²) in [6, 6.07) is 4.67. The lowest BCUT2D eigenvalue weighted by Crippen LogP contribution is -2.04. The zero-order valence-corrected chi connectivity index (χ0v) is 12.6. The Kier molecular flexibility index (Phi) is 4.86. The van der Waals surface area contributed by atoms with Crippen LogP contribution in [0.5, 0.6) is 0 Å². The van der Waals surface area contributed by atoms with Gasteiger partial charge in [0.25, 0.3) is 10.1 Å². The van der Waals surface area contributed by atoms with Crippen molar-refractivity contribution in [3.8, 4) is 0 Å². The molecule has 0 unspecified atom stereocenters. The van der Waals surface area contributed by atoms with Crippen LogP contribution in [0.1, 0.15) is 22.6 Å². The summed E-state index contributed by atoms with van der Waals surface area (Å²) < 4.78 is 29.7. The molecule has 9 heteroatoms. The van der Waals surface area contributed by atoms with Crippen molar-refractivity contribution in [2.75, 3.05) is 11.5 Å². The van der Waals surface area contributed by atoms with E-state index in [2.05, 4.69) is 9.97 Å². The van der Waals surface area contributed by atoms with Crippen molar-refractivity contribution in [3.05, 3.63) is 29.6 Å². The number of aromatic carboxylic acids is 1. The van der Waals surface area contributed by atoms with E-state index in [9.17, 15) is 13.2 Å². The molecule has 0 aliphatic rings. The Morgan fingerprint density at radius 3 is 2.81 bits per heavy atom. The highest BCUT2D eigenvalue weighted by Gasteiger charge is 2.08. The summed E-state index contributed by atoms with van der Waals surface area (Å²) >= 11 is 1.49. The van der Waals surface area contributed by atoms with Crippen molar-refractivity contribution < 1.29 is 22.9 Å². The summed E-state index contributed by atoms with van der Waals surface area (Å²) in [5.74, 6) is 0.590. The Morgan fingerprint density at radius 2 is 2.14 bits per heavy atom. The second-order valence-electron chi connectivity index (χ2n) is 4.41. The number of rotatable bonds is 7. The number of carbonyl (C=O) groups is 1. The van der Waals surface area contributed by atoms with Gasteiger partial charge in [-0.3, -0.25) is 4.55 Å². The Morgan fingerprint density at radius 1 is 1.38 bits per heavy atom. The Bertz CT molecular complexity index is 754. The van der Waals surface area contributed by atoms with E-state index in [0.717, 1.165) is 5.52 Å². The van der Waals surface area contributed by atoms with Crippen LogP contribution in [0.25, 0.3) is 11.0 Å². The van der Waals surface area contributed by atoms with Gasteiger partial charge in [0, 0.05) is 0 Å². The topological polar surface area (TPSA) is 120 Å². The molecule has 0 saturated heterocycles. The van der Waals surface area contributed by atoms with E-state index in [-0.39, 0.29) is 11.3 Å². The van der Waals surface area contributed by atoms with Gasteiger partial charge in [0.05, 0.1) is 28.1 Å². The normalized spacial score (nSPS) is 11.9. The molecule has 0 amide bonds. The van der Waals surface area contributed by atoms with Crippen molar-refractivity contribution in [2.24, 2.45) is 0 Å². The summed E-state index contributed by atoms with van der Waals surface area (Å²) in [5, 5.41) is 8.91. The minimum atomic E-state index is -3.90. The van der Waals surface area contributed by atoms with Crippen LogP contribution in [0.3, 0.4) is 0 Å². The molecule has 0 fully saturated rings. The van der Waals surface area contributed by atoms with Gasteiger partial charge in [-0.1, -0.05) is 0 Å². The lowest BCUT2D eigenvalue weighted by Gasteiger charge is -1.98. The number of hydrogen-bond donors (Lipinski definition) is 3. The van der Waals surface area contributed by atoms with E-state index in [4.69, 9.17) is 9.66 Å². The zero-order valence-electron chi connectivity index (χ0n) is 10.9. The molecule has 0 saturated carbocycles. The number of thioether (sulfide) groups is 1. The molecule has 114 valence electrons. The molecule has 1 aromatic carbocycles. The van der Waals surface area contributed by atoms with Crippen LogP contribution in [-0.4, -0.2) is 45.5 Å². The number of benzene rings is 1. The third-order valence-electron chi connectivity index (χ3n) is 2.71. The van der Waals surface area contributed by atoms with E-state index in [0.29, 0.717) is 29.3 Å². The summed E-state index contributed by atoms with van der Waals surface area (Å²) in [6.07, 6.45) is 0.368. The van der Waals surface area contributed by atoms with Gasteiger partial charge in [0.2, 0.25) is 0 Å². The predicted octanol–water partition coefficient (Wildman–Crippen LogP) is 1.77. The summed E-state index contributed by atoms with van der Waals surface area (Å²) in [7, 11) is -3.90. The number of aromatic amines is 1. The monoisotopic (exact) mass is 330 g/mol. The number of fused-ring (bicyclic) bond motifs is 1. The van der Waals surface area contributed by atoms with Crippen LogP contribution in [0, 0.1) is 0 Å². The molecular weight excluding hydrogens is 316 g/mol. The average molecular weight is 330 g/mol. The molecule has 1 aromatic heterocycles. The summed E-state index contributed by atoms with van der Waals surface area (Å²) in [5.41, 5.74) is 1.53. The SMILES string of the molecule is O=C(O)c1ccc2[nH]c(CSCCCS(=O)(=O)O)nc2c1. The molecule has 3 N–H and O–H groups in total. The van der Waals surface area contributed by atoms with Gasteiger partial charge >= 0.3 is 5.97 Å². The molecule has 0 radical (unpaired) electrons. The molecule has 0 bridgehead atoms. The number of carboxylic acid groups (broad SMARTS) is 1. The summed E-state index contributed by atoms with van der Waals surface area (Å²) in [4.78, 5) is 18.2. The first-order valence-corrected chi connectivity index (χ1v) is 8.86. The fourth-order valence-electron chi connectivity index (χ4n) is 1.77. The Labute approximate surface area is 125 Å². The minimum Gasteiger partial charge on any atom is -0.478 e. The smallest absolute Gasteiger partial charge is 0.335 e. The van der Waals surface area contributed by atoms with Gasteiger partial charge in [0.1, 0.15) is 5.82 Å². The maximum absolute atomic E-state index is 10.9. The number of H-pyrrole nitrogens is 1. The molecule has 7 nitrogen and oxygen atoms in total. The molecule has 0 atom stereocenters. The third-order valence-corrected chi connectivity index (χ3v) is 4.57. The van der Waals surface area contributed by atoms with Gasteiger partial charge in [-0.15, -0.1) is 0 Å². The first-order valence-electron chi connectivity index (χ1n) is 6.10. The van der Waals surface area contributed by atoms with E-state index in [1.165, 1.54) is 23.9 Å². The van der Waals surface area contributed by atoms with Gasteiger partial charge in [0.15, 0.2) is 0 Å². The third kappa shape index (κ3) is 4.73. The first kappa shape index (κ1) is 15.8. The highest BCUT2D eigenvalue weighted by Crippen LogP contribution is 2.17. The number of nitrogens with zero attached hydrogens (tertiary/aromatic N) is 1. The fourth-order valence-corrected chi connectivity index (χ4v) is 3.29. The van der Waals surface area contributed by atoms with E-state index < -0.39 is 16.1 Å². The molecular formula is C12H14N2O5S2. The first-order chi connectivity index (χ1) is 9.85. The molecule has 2 aromatic rings. The van der Waals surface area contributed by atoms with Gasteiger partial charge < -0.3 is 10.1 Å². The highest BCUT2D eigenvalue weighted by atomic mass is 32.2. The van der Waals surface area contributed by atoms with Crippen LogP contribution >= 0.6 is 11.8 Å². The van der Waals surface area contributed by atoms with Crippen LogP contribution in [0.2, 0.25) is 0 Å².